The maximum absolute atomic E-state index is 13.4. The normalized spacial score (nSPS) is 11.4. The van der Waals surface area contributed by atoms with E-state index in [9.17, 15) is 13.2 Å². The Morgan fingerprint density at radius 2 is 1.76 bits per heavy atom. The van der Waals surface area contributed by atoms with Crippen LogP contribution in [0.4, 0.5) is 11.4 Å². The zero-order chi connectivity index (χ0) is 24.5. The van der Waals surface area contributed by atoms with E-state index in [1.54, 1.807) is 43.3 Å². The first-order chi connectivity index (χ1) is 16.3. The minimum atomic E-state index is -3.86. The summed E-state index contributed by atoms with van der Waals surface area (Å²) in [6, 6.07) is 18.8. The van der Waals surface area contributed by atoms with Crippen molar-refractivity contribution in [3.05, 3.63) is 83.6 Å². The number of sulfonamides is 1. The van der Waals surface area contributed by atoms with Crippen LogP contribution in [0.3, 0.4) is 0 Å². The molecule has 0 atom stereocenters. The number of ether oxygens (including phenoxy) is 1. The van der Waals surface area contributed by atoms with Crippen molar-refractivity contribution in [3.63, 3.8) is 0 Å². The molecule has 1 aromatic heterocycles. The number of hydrogen-bond acceptors (Lipinski definition) is 4. The van der Waals surface area contributed by atoms with Gasteiger partial charge in [0.1, 0.15) is 5.75 Å². The summed E-state index contributed by atoms with van der Waals surface area (Å²) in [4.78, 5) is 16.4. The third kappa shape index (κ3) is 4.24. The number of aryl methyl sites for hydroxylation is 2. The second-order valence-corrected chi connectivity index (χ2v) is 9.82. The quantitative estimate of drug-likeness (QED) is 0.380. The molecule has 0 radical (unpaired) electrons. The Morgan fingerprint density at radius 1 is 1.03 bits per heavy atom. The zero-order valence-electron chi connectivity index (χ0n) is 19.5. The third-order valence-corrected chi connectivity index (χ3v) is 7.81. The number of carbonyl (C=O) groups is 1. The standard InChI is InChI=1S/C26H27N3O4S/c1-5-29(20-9-7-6-8-10-20)34(31,32)21-12-14-25(33-4)24(16-21)28-26(30)19-11-13-23-22(15-19)17(2)18(3)27-23/h6-16,27H,5H2,1-4H3,(H,28,30). The molecule has 34 heavy (non-hydrogen) atoms. The Hall–Kier alpha value is -3.78. The summed E-state index contributed by atoms with van der Waals surface area (Å²) in [6.07, 6.45) is 0. The number of fused-ring (bicyclic) bond motifs is 1. The first-order valence-electron chi connectivity index (χ1n) is 10.9. The number of nitrogens with zero attached hydrogens (tertiary/aromatic N) is 1. The summed E-state index contributed by atoms with van der Waals surface area (Å²) in [7, 11) is -2.39. The molecule has 3 aromatic carbocycles. The topological polar surface area (TPSA) is 91.5 Å². The highest BCUT2D eigenvalue weighted by Gasteiger charge is 2.25. The second kappa shape index (κ2) is 9.23. The van der Waals surface area contributed by atoms with Crippen LogP contribution in [0.15, 0.2) is 71.6 Å². The number of amides is 1. The van der Waals surface area contributed by atoms with Gasteiger partial charge < -0.3 is 15.0 Å². The minimum absolute atomic E-state index is 0.0573. The molecule has 0 fully saturated rings. The van der Waals surface area contributed by atoms with Crippen LogP contribution in [-0.2, 0) is 10.0 Å². The van der Waals surface area contributed by atoms with Gasteiger partial charge in [-0.15, -0.1) is 0 Å². The molecular formula is C26H27N3O4S. The number of carbonyl (C=O) groups excluding carboxylic acids is 1. The monoisotopic (exact) mass is 477 g/mol. The number of H-pyrrole nitrogens is 1. The smallest absolute Gasteiger partial charge is 0.264 e. The summed E-state index contributed by atoms with van der Waals surface area (Å²) in [5.74, 6) is 0.00761. The SMILES string of the molecule is CCN(c1ccccc1)S(=O)(=O)c1ccc(OC)c(NC(=O)c2ccc3[nH]c(C)c(C)c3c2)c1. The van der Waals surface area contributed by atoms with Crippen LogP contribution in [0.2, 0.25) is 0 Å². The predicted octanol–water partition coefficient (Wildman–Crippen LogP) is 5.26. The lowest BCUT2D eigenvalue weighted by atomic mass is 10.1. The van der Waals surface area contributed by atoms with Gasteiger partial charge in [0.15, 0.2) is 0 Å². The Labute approximate surface area is 199 Å². The van der Waals surface area contributed by atoms with Crippen LogP contribution in [-0.4, -0.2) is 33.0 Å². The predicted molar refractivity (Wildman–Crippen MR) is 135 cm³/mol. The molecule has 0 aliphatic rings. The van der Waals surface area contributed by atoms with Crippen LogP contribution in [0, 0.1) is 13.8 Å². The fourth-order valence-electron chi connectivity index (χ4n) is 3.96. The van der Waals surface area contributed by atoms with Gasteiger partial charge in [-0.2, -0.15) is 0 Å². The molecule has 0 aliphatic heterocycles. The van der Waals surface area contributed by atoms with Crippen molar-refractivity contribution >= 4 is 38.2 Å². The van der Waals surface area contributed by atoms with Crippen molar-refractivity contribution in [3.8, 4) is 5.75 Å². The van der Waals surface area contributed by atoms with Crippen LogP contribution in [0.25, 0.3) is 10.9 Å². The molecule has 4 aromatic rings. The van der Waals surface area contributed by atoms with Gasteiger partial charge in [0, 0.05) is 28.7 Å². The third-order valence-electron chi connectivity index (χ3n) is 5.91. The molecule has 8 heteroatoms. The molecule has 0 bridgehead atoms. The Kier molecular flexibility index (Phi) is 6.34. The maximum Gasteiger partial charge on any atom is 0.264 e. The molecule has 0 spiro atoms. The highest BCUT2D eigenvalue weighted by atomic mass is 32.2. The van der Waals surface area contributed by atoms with Gasteiger partial charge in [-0.1, -0.05) is 18.2 Å². The van der Waals surface area contributed by atoms with E-state index in [4.69, 9.17) is 4.74 Å². The summed E-state index contributed by atoms with van der Waals surface area (Å²) < 4.78 is 33.6. The van der Waals surface area contributed by atoms with Crippen molar-refractivity contribution < 1.29 is 17.9 Å². The number of anilines is 2. The number of aromatic nitrogens is 1. The lowest BCUT2D eigenvalue weighted by molar-refractivity contribution is 0.102. The molecule has 0 saturated carbocycles. The largest absolute Gasteiger partial charge is 0.495 e. The Bertz CT molecular complexity index is 1460. The van der Waals surface area contributed by atoms with E-state index in [1.165, 1.54) is 23.5 Å². The Morgan fingerprint density at radius 3 is 2.44 bits per heavy atom. The van der Waals surface area contributed by atoms with Crippen LogP contribution in [0.1, 0.15) is 28.5 Å². The molecule has 2 N–H and O–H groups in total. The van der Waals surface area contributed by atoms with Crippen LogP contribution < -0.4 is 14.4 Å². The van der Waals surface area contributed by atoms with Crippen molar-refractivity contribution in [2.45, 2.75) is 25.7 Å². The number of rotatable bonds is 7. The minimum Gasteiger partial charge on any atom is -0.495 e. The highest BCUT2D eigenvalue weighted by molar-refractivity contribution is 7.92. The molecule has 1 amide bonds. The fourth-order valence-corrected chi connectivity index (χ4v) is 5.46. The van der Waals surface area contributed by atoms with Gasteiger partial charge in [-0.25, -0.2) is 8.42 Å². The summed E-state index contributed by atoms with van der Waals surface area (Å²) in [5.41, 5.74) is 4.39. The molecular weight excluding hydrogens is 450 g/mol. The molecule has 4 rings (SSSR count). The molecule has 1 heterocycles. The van der Waals surface area contributed by atoms with Crippen LogP contribution >= 0.6 is 0 Å². The van der Waals surface area contributed by atoms with Crippen molar-refractivity contribution in [2.75, 3.05) is 23.3 Å². The lowest BCUT2D eigenvalue weighted by Crippen LogP contribution is -2.30. The molecule has 0 unspecified atom stereocenters. The van der Waals surface area contributed by atoms with E-state index < -0.39 is 10.0 Å². The van der Waals surface area contributed by atoms with Gasteiger partial charge in [0.05, 0.1) is 23.4 Å². The first-order valence-corrected chi connectivity index (χ1v) is 12.4. The average molecular weight is 478 g/mol. The number of benzene rings is 3. The van der Waals surface area contributed by atoms with Gasteiger partial charge in [0.25, 0.3) is 15.9 Å². The Balaban J connectivity index is 1.69. The van der Waals surface area contributed by atoms with E-state index >= 15 is 0 Å². The van der Waals surface area contributed by atoms with E-state index in [2.05, 4.69) is 10.3 Å². The first kappa shape index (κ1) is 23.4. The number of aromatic amines is 1. The fraction of sp³-hybridized carbons (Fsp3) is 0.192. The second-order valence-electron chi connectivity index (χ2n) is 7.96. The number of nitrogens with one attached hydrogen (secondary N) is 2. The van der Waals surface area contributed by atoms with Gasteiger partial charge >= 0.3 is 0 Å². The van der Waals surface area contributed by atoms with E-state index in [1.807, 2.05) is 32.0 Å². The number of para-hydroxylation sites is 1. The van der Waals surface area contributed by atoms with E-state index in [0.717, 1.165) is 22.2 Å². The van der Waals surface area contributed by atoms with Crippen molar-refractivity contribution in [1.82, 2.24) is 4.98 Å². The molecule has 0 saturated heterocycles. The van der Waals surface area contributed by atoms with Gasteiger partial charge in [-0.05, 0) is 74.9 Å². The number of hydrogen-bond donors (Lipinski definition) is 2. The summed E-state index contributed by atoms with van der Waals surface area (Å²) >= 11 is 0. The van der Waals surface area contributed by atoms with Gasteiger partial charge in [0.2, 0.25) is 0 Å². The molecule has 176 valence electrons. The maximum atomic E-state index is 13.4. The average Bonchev–Trinajstić information content (AvgIpc) is 3.12. The van der Waals surface area contributed by atoms with E-state index in [0.29, 0.717) is 17.0 Å². The summed E-state index contributed by atoms with van der Waals surface area (Å²) in [5, 5.41) is 3.79. The molecule has 0 aliphatic carbocycles. The molecule has 7 nitrogen and oxygen atoms in total. The number of methoxy groups -OCH3 is 1. The van der Waals surface area contributed by atoms with Gasteiger partial charge in [-0.3, -0.25) is 9.10 Å². The van der Waals surface area contributed by atoms with Crippen molar-refractivity contribution in [2.24, 2.45) is 0 Å². The summed E-state index contributed by atoms with van der Waals surface area (Å²) in [6.45, 7) is 6.02. The lowest BCUT2D eigenvalue weighted by Gasteiger charge is -2.23. The van der Waals surface area contributed by atoms with Crippen molar-refractivity contribution in [1.29, 1.82) is 0 Å². The van der Waals surface area contributed by atoms with E-state index in [-0.39, 0.29) is 23.0 Å². The van der Waals surface area contributed by atoms with Crippen LogP contribution in [0.5, 0.6) is 5.75 Å². The highest BCUT2D eigenvalue weighted by Crippen LogP contribution is 2.31. The zero-order valence-corrected chi connectivity index (χ0v) is 20.4.